The van der Waals surface area contributed by atoms with E-state index in [-0.39, 0.29) is 51.2 Å². The largest absolute Gasteiger partial charge is 0.671 e. The van der Waals surface area contributed by atoms with Crippen LogP contribution in [0.4, 0.5) is 52.7 Å². The Morgan fingerprint density at radius 1 is 0.538 bits per heavy atom. The van der Waals surface area contributed by atoms with Crippen molar-refractivity contribution < 1.29 is 97.6 Å². The molecule has 0 aromatic carbocycles. The zero-order valence-electron chi connectivity index (χ0n) is 25.8. The molecule has 0 aliphatic rings. The van der Waals surface area contributed by atoms with Gasteiger partial charge >= 0.3 is 51.1 Å². The first-order valence-electron chi connectivity index (χ1n) is 13.1. The lowest BCUT2D eigenvalue weighted by atomic mass is 9.96. The third kappa shape index (κ3) is 16.3. The number of rotatable bonds is 21. The smallest absolute Gasteiger partial charge is 0.398 e. The maximum atomic E-state index is 13.9. The van der Waals surface area contributed by atoms with Crippen LogP contribution in [-0.2, 0) is 39.8 Å². The van der Waals surface area contributed by atoms with Crippen LogP contribution in [0.25, 0.3) is 0 Å². The van der Waals surface area contributed by atoms with Crippen molar-refractivity contribution >= 4 is 26.4 Å². The van der Waals surface area contributed by atoms with Crippen LogP contribution in [0.15, 0.2) is 0 Å². The minimum Gasteiger partial charge on any atom is -0.398 e. The number of hydrogen-bond donors (Lipinski definition) is 1. The SMILES string of the molecule is C.C.C.C.C.C.CCOCOC(CCC[Si](OC)(O[Si](C)(CCCC(O)(C(F)(F)F)C(F)(F)F)OC)O[Si](OC)(OC)OC)(C(F)(F)F)C(F)(F)F. The number of hydrogen-bond acceptors (Lipinski definition) is 10. The molecule has 0 heterocycles. The average Bonchev–Trinajstić information content (AvgIpc) is 2.92. The molecule has 0 spiro atoms. The summed E-state index contributed by atoms with van der Waals surface area (Å²) in [5.41, 5.74) is -9.86. The van der Waals surface area contributed by atoms with E-state index < -0.39 is 107 Å². The Labute approximate surface area is 304 Å². The summed E-state index contributed by atoms with van der Waals surface area (Å²) in [5.74, 6) is 0. The van der Waals surface area contributed by atoms with Crippen LogP contribution in [0.3, 0.4) is 0 Å². The Bertz CT molecular complexity index is 876. The molecule has 2 atom stereocenters. The quantitative estimate of drug-likeness (QED) is 0.0520. The molecule has 0 amide bonds. The second-order valence-electron chi connectivity index (χ2n) is 9.68. The first-order valence-corrected chi connectivity index (χ1v) is 19.1. The molecule has 2 unspecified atom stereocenters. The van der Waals surface area contributed by atoms with E-state index >= 15 is 0 Å². The summed E-state index contributed by atoms with van der Waals surface area (Å²) in [6.07, 6.45) is -30.1. The second kappa shape index (κ2) is 24.8. The average molecular weight is 859 g/mol. The zero-order valence-corrected chi connectivity index (χ0v) is 28.8. The minimum absolute atomic E-state index is 0. The highest BCUT2D eigenvalue weighted by Crippen LogP contribution is 2.50. The van der Waals surface area contributed by atoms with Crippen LogP contribution in [0.1, 0.15) is 77.2 Å². The molecule has 0 aromatic rings. The van der Waals surface area contributed by atoms with Crippen LogP contribution in [0.5, 0.6) is 0 Å². The van der Waals surface area contributed by atoms with E-state index in [1.165, 1.54) is 6.92 Å². The van der Waals surface area contributed by atoms with Crippen LogP contribution < -0.4 is 0 Å². The maximum absolute atomic E-state index is 13.9. The summed E-state index contributed by atoms with van der Waals surface area (Å²) in [6, 6.07) is -1.63. The molecule has 0 bridgehead atoms. The lowest BCUT2D eigenvalue weighted by Gasteiger charge is -2.41. The van der Waals surface area contributed by atoms with Gasteiger partial charge in [-0.15, -0.1) is 0 Å². The summed E-state index contributed by atoms with van der Waals surface area (Å²) in [5, 5.41) is 9.48. The summed E-state index contributed by atoms with van der Waals surface area (Å²) in [4.78, 5) is 0. The first-order chi connectivity index (χ1) is 20.7. The van der Waals surface area contributed by atoms with Crippen molar-refractivity contribution in [3.63, 3.8) is 0 Å². The topological polar surface area (TPSA) is 103 Å². The predicted molar refractivity (Wildman–Crippen MR) is 178 cm³/mol. The normalized spacial score (nSPS) is 15.2. The standard InChI is InChI=1S/C21H38F12O10Si3.6CH4/c1-8-40-15-41-17(20(28,29)30,21(31,32)33)12-10-14-45(36-3,43-46(37-4,38-5)39-6)42-44(7,35-2)13-9-11-16(34,18(22,23)24)19(25,26)27;;;;;;/h34H,8-15H2,1-7H3;6*1H4. The Kier molecular flexibility index (Phi) is 31.6. The van der Waals surface area contributed by atoms with Gasteiger partial charge in [0.25, 0.3) is 11.2 Å². The summed E-state index contributed by atoms with van der Waals surface area (Å²) in [6.45, 7) is 0.724. The summed E-state index contributed by atoms with van der Waals surface area (Å²) < 4.78 is 209. The summed E-state index contributed by atoms with van der Waals surface area (Å²) in [7, 11) is -8.41. The van der Waals surface area contributed by atoms with Crippen molar-refractivity contribution in [3.05, 3.63) is 0 Å². The van der Waals surface area contributed by atoms with Gasteiger partial charge in [0.1, 0.15) is 6.79 Å². The van der Waals surface area contributed by atoms with Crippen molar-refractivity contribution in [2.24, 2.45) is 0 Å². The monoisotopic (exact) mass is 858 g/mol. The third-order valence-corrected chi connectivity index (χ3v) is 17.2. The van der Waals surface area contributed by atoms with Crippen molar-refractivity contribution in [2.45, 2.75) is 132 Å². The van der Waals surface area contributed by atoms with Gasteiger partial charge in [-0.2, -0.15) is 52.7 Å². The van der Waals surface area contributed by atoms with Crippen LogP contribution in [0.2, 0.25) is 18.6 Å². The zero-order chi connectivity index (χ0) is 36.5. The highest BCUT2D eigenvalue weighted by molar-refractivity contribution is 6.81. The van der Waals surface area contributed by atoms with Crippen LogP contribution >= 0.6 is 0 Å². The molecule has 0 aliphatic carbocycles. The Balaban J connectivity index is -0.000000675. The van der Waals surface area contributed by atoms with Gasteiger partial charge in [0.15, 0.2) is 0 Å². The molecule has 25 heteroatoms. The highest BCUT2D eigenvalue weighted by Gasteiger charge is 2.72. The number of aliphatic hydroxyl groups is 1. The lowest BCUT2D eigenvalue weighted by Crippen LogP contribution is -2.63. The fourth-order valence-electron chi connectivity index (χ4n) is 3.97. The molecule has 10 nitrogen and oxygen atoms in total. The molecule has 0 aliphatic heterocycles. The molecule has 0 fully saturated rings. The van der Waals surface area contributed by atoms with Crippen molar-refractivity contribution in [1.82, 2.24) is 0 Å². The molecule has 52 heavy (non-hydrogen) atoms. The minimum atomic E-state index is -6.13. The van der Waals surface area contributed by atoms with Gasteiger partial charge < -0.3 is 44.9 Å². The van der Waals surface area contributed by atoms with E-state index in [4.69, 9.17) is 30.4 Å². The fraction of sp³-hybridized carbons (Fsp3) is 1.00. The lowest BCUT2D eigenvalue weighted by molar-refractivity contribution is -0.395. The van der Waals surface area contributed by atoms with Gasteiger partial charge in [0.05, 0.1) is 0 Å². The van der Waals surface area contributed by atoms with Gasteiger partial charge in [0.2, 0.25) is 0 Å². The molecule has 0 saturated heterocycles. The fourth-order valence-corrected chi connectivity index (χ4v) is 14.2. The van der Waals surface area contributed by atoms with E-state index in [9.17, 15) is 57.8 Å². The molecular weight excluding hydrogens is 797 g/mol. The number of alkyl halides is 12. The van der Waals surface area contributed by atoms with Gasteiger partial charge in [-0.1, -0.05) is 44.6 Å². The first kappa shape index (κ1) is 66.2. The Morgan fingerprint density at radius 2 is 0.942 bits per heavy atom. The van der Waals surface area contributed by atoms with Gasteiger partial charge in [-0.25, -0.2) is 0 Å². The molecule has 326 valence electrons. The van der Waals surface area contributed by atoms with Crippen molar-refractivity contribution in [1.29, 1.82) is 0 Å². The van der Waals surface area contributed by atoms with Crippen molar-refractivity contribution in [2.75, 3.05) is 48.9 Å². The van der Waals surface area contributed by atoms with E-state index in [0.717, 1.165) is 42.1 Å². The molecule has 0 radical (unpaired) electrons. The van der Waals surface area contributed by atoms with E-state index in [1.54, 1.807) is 0 Å². The van der Waals surface area contributed by atoms with Gasteiger partial charge in [-0.05, 0) is 45.2 Å². The van der Waals surface area contributed by atoms with Crippen molar-refractivity contribution in [3.8, 4) is 0 Å². The van der Waals surface area contributed by atoms with E-state index in [2.05, 4.69) is 9.47 Å². The molecular formula is C27H62F12O10Si3. The highest BCUT2D eigenvalue weighted by atomic mass is 28.5. The maximum Gasteiger partial charge on any atom is 0.671 e. The number of halogens is 12. The Hall–Kier alpha value is -0.589. The van der Waals surface area contributed by atoms with Crippen LogP contribution in [0, 0.1) is 0 Å². The molecule has 0 rings (SSSR count). The summed E-state index contributed by atoms with van der Waals surface area (Å²) >= 11 is 0. The number of ether oxygens (including phenoxy) is 2. The second-order valence-corrected chi connectivity index (χ2v) is 19.0. The molecule has 0 saturated carbocycles. The van der Waals surface area contributed by atoms with Gasteiger partial charge in [0, 0.05) is 48.2 Å². The Morgan fingerprint density at radius 3 is 1.25 bits per heavy atom. The van der Waals surface area contributed by atoms with Gasteiger partial charge in [-0.3, -0.25) is 0 Å². The van der Waals surface area contributed by atoms with E-state index in [1.807, 2.05) is 0 Å². The molecule has 1 N–H and O–H groups in total. The van der Waals surface area contributed by atoms with Crippen LogP contribution in [-0.4, -0.2) is 116 Å². The third-order valence-electron chi connectivity index (χ3n) is 6.77. The van der Waals surface area contributed by atoms with E-state index in [0.29, 0.717) is 0 Å². The molecule has 0 aromatic heterocycles. The predicted octanol–water partition coefficient (Wildman–Crippen LogP) is 9.80.